The van der Waals surface area contributed by atoms with E-state index in [1.165, 1.54) is 0 Å². The lowest BCUT2D eigenvalue weighted by Gasteiger charge is -2.36. The molecule has 2 rings (SSSR count). The Labute approximate surface area is 115 Å². The minimum absolute atomic E-state index is 0.0910. The SMILES string of the molecule is [N-]=[N+]=NC[C@@H]1NC(=O)[C@@H]1NC(=O)C(N)c1ccccc1. The largest absolute Gasteiger partial charge is 0.349 e. The Morgan fingerprint density at radius 3 is 2.80 bits per heavy atom. The number of benzene rings is 1. The second-order valence-corrected chi connectivity index (χ2v) is 4.40. The highest BCUT2D eigenvalue weighted by Crippen LogP contribution is 2.12. The normalized spacial score (nSPS) is 21.9. The van der Waals surface area contributed by atoms with Crippen molar-refractivity contribution in [2.75, 3.05) is 6.54 Å². The first-order chi connectivity index (χ1) is 9.63. The Bertz CT molecular complexity index is 554. The number of amides is 2. The molecule has 1 saturated heterocycles. The van der Waals surface area contributed by atoms with Crippen LogP contribution in [-0.4, -0.2) is 30.4 Å². The highest BCUT2D eigenvalue weighted by molar-refractivity contribution is 5.94. The molecule has 0 aromatic heterocycles. The minimum Gasteiger partial charge on any atom is -0.349 e. The van der Waals surface area contributed by atoms with Crippen LogP contribution in [0.4, 0.5) is 0 Å². The van der Waals surface area contributed by atoms with Crippen molar-refractivity contribution >= 4 is 11.8 Å². The number of nitrogens with one attached hydrogen (secondary N) is 2. The maximum atomic E-state index is 12.0. The lowest BCUT2D eigenvalue weighted by Crippen LogP contribution is -2.70. The van der Waals surface area contributed by atoms with Crippen molar-refractivity contribution in [3.63, 3.8) is 0 Å². The molecule has 1 fully saturated rings. The Morgan fingerprint density at radius 2 is 2.20 bits per heavy atom. The number of azide groups is 1. The van der Waals surface area contributed by atoms with Crippen molar-refractivity contribution in [2.24, 2.45) is 10.8 Å². The van der Waals surface area contributed by atoms with Gasteiger partial charge in [-0.25, -0.2) is 0 Å². The Kier molecular flexibility index (Phi) is 4.19. The summed E-state index contributed by atoms with van der Waals surface area (Å²) in [6.07, 6.45) is 0. The van der Waals surface area contributed by atoms with Gasteiger partial charge in [0.1, 0.15) is 12.1 Å². The molecule has 1 aromatic carbocycles. The molecule has 1 unspecified atom stereocenters. The van der Waals surface area contributed by atoms with Crippen LogP contribution in [0.25, 0.3) is 10.4 Å². The smallest absolute Gasteiger partial charge is 0.245 e. The summed E-state index contributed by atoms with van der Waals surface area (Å²) in [5.74, 6) is -0.751. The second-order valence-electron chi connectivity index (χ2n) is 4.40. The fourth-order valence-corrected chi connectivity index (χ4v) is 1.94. The van der Waals surface area contributed by atoms with E-state index in [1.807, 2.05) is 6.07 Å². The van der Waals surface area contributed by atoms with Crippen molar-refractivity contribution in [3.8, 4) is 0 Å². The third-order valence-electron chi connectivity index (χ3n) is 3.09. The van der Waals surface area contributed by atoms with E-state index in [4.69, 9.17) is 11.3 Å². The molecule has 3 atom stereocenters. The van der Waals surface area contributed by atoms with E-state index in [2.05, 4.69) is 20.7 Å². The number of β-lactam (4-membered cyclic amide) rings is 1. The summed E-state index contributed by atoms with van der Waals surface area (Å²) in [7, 11) is 0. The maximum Gasteiger partial charge on any atom is 0.245 e. The van der Waals surface area contributed by atoms with Crippen molar-refractivity contribution in [1.82, 2.24) is 10.6 Å². The summed E-state index contributed by atoms with van der Waals surface area (Å²) >= 11 is 0. The molecule has 104 valence electrons. The zero-order valence-corrected chi connectivity index (χ0v) is 10.6. The first-order valence-electron chi connectivity index (χ1n) is 6.05. The Balaban J connectivity index is 1.97. The Hall–Kier alpha value is -2.57. The van der Waals surface area contributed by atoms with E-state index in [0.717, 1.165) is 0 Å². The van der Waals surface area contributed by atoms with Gasteiger partial charge in [0.05, 0.1) is 6.04 Å². The van der Waals surface area contributed by atoms with Crippen LogP contribution >= 0.6 is 0 Å². The summed E-state index contributed by atoms with van der Waals surface area (Å²) in [6.45, 7) is 0.0910. The maximum absolute atomic E-state index is 12.0. The van der Waals surface area contributed by atoms with Gasteiger partial charge >= 0.3 is 0 Å². The molecule has 2 amide bonds. The van der Waals surface area contributed by atoms with Crippen molar-refractivity contribution in [3.05, 3.63) is 46.3 Å². The third-order valence-corrected chi connectivity index (χ3v) is 3.09. The number of carbonyl (C=O) groups excluding carboxylic acids is 2. The Morgan fingerprint density at radius 1 is 1.50 bits per heavy atom. The number of hydrogen-bond donors (Lipinski definition) is 3. The summed E-state index contributed by atoms with van der Waals surface area (Å²) in [4.78, 5) is 26.0. The van der Waals surface area contributed by atoms with Gasteiger partial charge in [-0.15, -0.1) is 0 Å². The van der Waals surface area contributed by atoms with Gasteiger partial charge in [0.2, 0.25) is 11.8 Å². The van der Waals surface area contributed by atoms with Gasteiger partial charge in [0.15, 0.2) is 0 Å². The quantitative estimate of drug-likeness (QED) is 0.301. The zero-order chi connectivity index (χ0) is 14.5. The third kappa shape index (κ3) is 2.87. The van der Waals surface area contributed by atoms with E-state index >= 15 is 0 Å². The predicted octanol–water partition coefficient (Wildman–Crippen LogP) is -0.0201. The standard InChI is InChI=1S/C12H14N6O2/c13-9(7-4-2-1-3-5-7)11(19)17-10-8(6-15-18-14)16-12(10)20/h1-5,8-10H,6,13H2,(H,16,20)(H,17,19)/t8-,9?,10+/m0/s1. The lowest BCUT2D eigenvalue weighted by molar-refractivity contribution is -0.136. The summed E-state index contributed by atoms with van der Waals surface area (Å²) in [6, 6.07) is 6.93. The van der Waals surface area contributed by atoms with E-state index < -0.39 is 18.0 Å². The molecule has 1 aromatic rings. The average Bonchev–Trinajstić information content (AvgIpc) is 2.48. The number of hydrogen-bond acceptors (Lipinski definition) is 4. The van der Waals surface area contributed by atoms with Crippen LogP contribution < -0.4 is 16.4 Å². The molecule has 0 saturated carbocycles. The van der Waals surface area contributed by atoms with Crippen LogP contribution in [0.1, 0.15) is 11.6 Å². The second kappa shape index (κ2) is 6.05. The number of nitrogens with zero attached hydrogens (tertiary/aromatic N) is 3. The van der Waals surface area contributed by atoms with Crippen LogP contribution in [0, 0.1) is 0 Å². The fraction of sp³-hybridized carbons (Fsp3) is 0.333. The summed E-state index contributed by atoms with van der Waals surface area (Å²) in [5, 5.41) is 8.49. The molecular weight excluding hydrogens is 260 g/mol. The average molecular weight is 274 g/mol. The monoisotopic (exact) mass is 274 g/mol. The molecule has 20 heavy (non-hydrogen) atoms. The van der Waals surface area contributed by atoms with Crippen molar-refractivity contribution in [1.29, 1.82) is 0 Å². The molecule has 0 radical (unpaired) electrons. The zero-order valence-electron chi connectivity index (χ0n) is 10.6. The van der Waals surface area contributed by atoms with E-state index in [0.29, 0.717) is 5.56 Å². The number of nitrogens with two attached hydrogens (primary N) is 1. The van der Waals surface area contributed by atoms with Gasteiger partial charge in [-0.05, 0) is 11.1 Å². The van der Waals surface area contributed by atoms with E-state index in [1.54, 1.807) is 24.3 Å². The first kappa shape index (κ1) is 13.9. The molecule has 4 N–H and O–H groups in total. The molecule has 8 nitrogen and oxygen atoms in total. The fourth-order valence-electron chi connectivity index (χ4n) is 1.94. The predicted molar refractivity (Wildman–Crippen MR) is 71.2 cm³/mol. The van der Waals surface area contributed by atoms with Crippen LogP contribution in [0.15, 0.2) is 35.4 Å². The van der Waals surface area contributed by atoms with Crippen LogP contribution in [-0.2, 0) is 9.59 Å². The van der Waals surface area contributed by atoms with Crippen molar-refractivity contribution < 1.29 is 9.59 Å². The molecular formula is C12H14N6O2. The van der Waals surface area contributed by atoms with Crippen LogP contribution in [0.5, 0.6) is 0 Å². The van der Waals surface area contributed by atoms with Gasteiger partial charge < -0.3 is 16.4 Å². The first-order valence-corrected chi connectivity index (χ1v) is 6.05. The summed E-state index contributed by atoms with van der Waals surface area (Å²) < 4.78 is 0. The molecule has 8 heteroatoms. The molecule has 0 bridgehead atoms. The molecule has 0 spiro atoms. The molecule has 1 heterocycles. The highest BCUT2D eigenvalue weighted by atomic mass is 16.2. The van der Waals surface area contributed by atoms with E-state index in [9.17, 15) is 9.59 Å². The topological polar surface area (TPSA) is 133 Å². The van der Waals surface area contributed by atoms with Crippen LogP contribution in [0.3, 0.4) is 0 Å². The number of rotatable bonds is 5. The summed E-state index contributed by atoms with van der Waals surface area (Å²) in [5.41, 5.74) is 14.7. The molecule has 1 aliphatic rings. The van der Waals surface area contributed by atoms with Gasteiger partial charge in [-0.1, -0.05) is 35.4 Å². The van der Waals surface area contributed by atoms with Crippen LogP contribution in [0.2, 0.25) is 0 Å². The van der Waals surface area contributed by atoms with Gasteiger partial charge in [0, 0.05) is 11.5 Å². The molecule has 1 aliphatic heterocycles. The van der Waals surface area contributed by atoms with Crippen molar-refractivity contribution in [2.45, 2.75) is 18.1 Å². The van der Waals surface area contributed by atoms with Gasteiger partial charge in [0.25, 0.3) is 0 Å². The highest BCUT2D eigenvalue weighted by Gasteiger charge is 2.40. The lowest BCUT2D eigenvalue weighted by atomic mass is 9.98. The minimum atomic E-state index is -0.843. The number of carbonyl (C=O) groups is 2. The van der Waals surface area contributed by atoms with E-state index in [-0.39, 0.29) is 18.5 Å². The van der Waals surface area contributed by atoms with Gasteiger partial charge in [-0.3, -0.25) is 9.59 Å². The van der Waals surface area contributed by atoms with Gasteiger partial charge in [-0.2, -0.15) is 0 Å². The molecule has 0 aliphatic carbocycles.